The Bertz CT molecular complexity index is 807. The summed E-state index contributed by atoms with van der Waals surface area (Å²) in [7, 11) is -2.47. The Morgan fingerprint density at radius 1 is 1.32 bits per heavy atom. The van der Waals surface area contributed by atoms with Crippen LogP contribution in [0.4, 0.5) is 0 Å². The predicted molar refractivity (Wildman–Crippen MR) is 81.7 cm³/mol. The molecule has 1 aromatic heterocycles. The summed E-state index contributed by atoms with van der Waals surface area (Å²) in [4.78, 5) is 12.7. The van der Waals surface area contributed by atoms with Crippen molar-refractivity contribution in [1.82, 2.24) is 5.16 Å². The molecule has 0 spiro atoms. The lowest BCUT2D eigenvalue weighted by molar-refractivity contribution is 0.103. The summed E-state index contributed by atoms with van der Waals surface area (Å²) >= 11 is 0. The molecule has 1 aliphatic rings. The largest absolute Gasteiger partial charge is 0.360 e. The zero-order valence-electron chi connectivity index (χ0n) is 12.5. The molecule has 0 atom stereocenters. The predicted octanol–water partition coefficient (Wildman–Crippen LogP) is 2.38. The number of benzene rings is 1. The number of aromatic nitrogens is 1. The van der Waals surface area contributed by atoms with E-state index >= 15 is 0 Å². The van der Waals surface area contributed by atoms with Gasteiger partial charge in [-0.05, 0) is 30.9 Å². The van der Waals surface area contributed by atoms with Crippen molar-refractivity contribution in [3.05, 3.63) is 52.4 Å². The summed E-state index contributed by atoms with van der Waals surface area (Å²) < 4.78 is 26.9. The van der Waals surface area contributed by atoms with E-state index < -0.39 is 10.7 Å². The molecule has 22 heavy (non-hydrogen) atoms. The average molecular weight is 319 g/mol. The standard InChI is InChI=1S/C16H17NO4S/c1-10-7-11(9-22(19)20)3-4-12(10)14(18)13-8-17-21-15(13)16(2)5-6-16/h3-4,7-8,22H,5-6,9H2,1-2H3. The van der Waals surface area contributed by atoms with Crippen molar-refractivity contribution in [1.29, 1.82) is 0 Å². The zero-order valence-corrected chi connectivity index (χ0v) is 13.4. The fourth-order valence-electron chi connectivity index (χ4n) is 2.62. The molecule has 0 aliphatic heterocycles. The Balaban J connectivity index is 1.94. The molecule has 0 saturated heterocycles. The highest BCUT2D eigenvalue weighted by Gasteiger charge is 2.45. The summed E-state index contributed by atoms with van der Waals surface area (Å²) in [5.41, 5.74) is 2.43. The maximum absolute atomic E-state index is 12.7. The molecule has 3 rings (SSSR count). The fraction of sp³-hybridized carbons (Fsp3) is 0.375. The van der Waals surface area contributed by atoms with Gasteiger partial charge >= 0.3 is 0 Å². The number of ketones is 1. The second-order valence-electron chi connectivity index (χ2n) is 6.10. The van der Waals surface area contributed by atoms with Crippen LogP contribution in [0.1, 0.15) is 52.6 Å². The van der Waals surface area contributed by atoms with Gasteiger partial charge < -0.3 is 4.52 Å². The highest BCUT2D eigenvalue weighted by atomic mass is 32.2. The van der Waals surface area contributed by atoms with E-state index in [-0.39, 0.29) is 17.0 Å². The molecule has 0 amide bonds. The molecule has 5 nitrogen and oxygen atoms in total. The minimum Gasteiger partial charge on any atom is -0.360 e. The van der Waals surface area contributed by atoms with Crippen molar-refractivity contribution in [2.75, 3.05) is 0 Å². The first-order chi connectivity index (χ1) is 10.4. The van der Waals surface area contributed by atoms with Crippen molar-refractivity contribution in [3.63, 3.8) is 0 Å². The Morgan fingerprint density at radius 3 is 2.64 bits per heavy atom. The highest BCUT2D eigenvalue weighted by Crippen LogP contribution is 2.49. The zero-order chi connectivity index (χ0) is 15.9. The molecule has 1 aliphatic carbocycles. The number of rotatable bonds is 5. The van der Waals surface area contributed by atoms with Crippen LogP contribution in [0.3, 0.4) is 0 Å². The van der Waals surface area contributed by atoms with Crippen LogP contribution in [0.25, 0.3) is 0 Å². The molecular formula is C16H17NO4S. The summed E-state index contributed by atoms with van der Waals surface area (Å²) in [6, 6.07) is 5.10. The van der Waals surface area contributed by atoms with E-state index in [0.29, 0.717) is 22.5 Å². The Kier molecular flexibility index (Phi) is 3.64. The quantitative estimate of drug-likeness (QED) is 0.676. The normalized spacial score (nSPS) is 16.0. The summed E-state index contributed by atoms with van der Waals surface area (Å²) in [5, 5.41) is 3.79. The monoisotopic (exact) mass is 319 g/mol. The Hall–Kier alpha value is -1.95. The molecular weight excluding hydrogens is 302 g/mol. The minimum atomic E-state index is -2.47. The van der Waals surface area contributed by atoms with Crippen molar-refractivity contribution in [2.24, 2.45) is 0 Å². The summed E-state index contributed by atoms with van der Waals surface area (Å²) in [6.07, 6.45) is 3.47. The molecule has 0 N–H and O–H groups in total. The topological polar surface area (TPSA) is 77.2 Å². The number of carbonyl (C=O) groups is 1. The van der Waals surface area contributed by atoms with Crippen LogP contribution in [-0.2, 0) is 21.9 Å². The SMILES string of the molecule is Cc1cc(C[SH](=O)=O)ccc1C(=O)c1cnoc1C1(C)CC1. The van der Waals surface area contributed by atoms with E-state index in [4.69, 9.17) is 4.52 Å². The number of hydrogen-bond acceptors (Lipinski definition) is 5. The van der Waals surface area contributed by atoms with Gasteiger partial charge in [-0.1, -0.05) is 30.3 Å². The van der Waals surface area contributed by atoms with E-state index in [1.807, 2.05) is 0 Å². The maximum Gasteiger partial charge on any atom is 0.198 e. The smallest absolute Gasteiger partial charge is 0.198 e. The van der Waals surface area contributed by atoms with Crippen LogP contribution in [-0.4, -0.2) is 19.4 Å². The van der Waals surface area contributed by atoms with Crippen molar-refractivity contribution in [3.8, 4) is 0 Å². The number of aryl methyl sites for hydroxylation is 1. The van der Waals surface area contributed by atoms with Gasteiger partial charge in [-0.3, -0.25) is 4.79 Å². The van der Waals surface area contributed by atoms with Gasteiger partial charge in [-0.2, -0.15) is 0 Å². The lowest BCUT2D eigenvalue weighted by Gasteiger charge is -2.09. The summed E-state index contributed by atoms with van der Waals surface area (Å²) in [5.74, 6) is 0.518. The molecule has 0 radical (unpaired) electrons. The second-order valence-corrected chi connectivity index (χ2v) is 7.08. The molecule has 1 aromatic carbocycles. The van der Waals surface area contributed by atoms with Crippen molar-refractivity contribution in [2.45, 2.75) is 37.9 Å². The molecule has 1 saturated carbocycles. The number of thiol groups is 1. The third-order valence-corrected chi connectivity index (χ3v) is 4.83. The van der Waals surface area contributed by atoms with Gasteiger partial charge in [0.05, 0.1) is 17.5 Å². The number of carbonyl (C=O) groups excluding carboxylic acids is 1. The first-order valence-corrected chi connectivity index (χ1v) is 8.48. The lowest BCUT2D eigenvalue weighted by atomic mass is 9.94. The van der Waals surface area contributed by atoms with Crippen molar-refractivity contribution >= 4 is 16.5 Å². The molecule has 0 bridgehead atoms. The first kappa shape index (κ1) is 15.0. The third kappa shape index (κ3) is 2.70. The van der Waals surface area contributed by atoms with Crippen LogP contribution in [0.5, 0.6) is 0 Å². The first-order valence-electron chi connectivity index (χ1n) is 7.12. The van der Waals surface area contributed by atoms with Gasteiger partial charge in [0.25, 0.3) is 0 Å². The van der Waals surface area contributed by atoms with Crippen LogP contribution in [0.2, 0.25) is 0 Å². The average Bonchev–Trinajstić information content (AvgIpc) is 3.01. The van der Waals surface area contributed by atoms with Gasteiger partial charge in [0.1, 0.15) is 10.7 Å². The molecule has 2 aromatic rings. The fourth-order valence-corrected chi connectivity index (χ4v) is 3.12. The van der Waals surface area contributed by atoms with E-state index in [0.717, 1.165) is 18.4 Å². The molecule has 6 heteroatoms. The van der Waals surface area contributed by atoms with Gasteiger partial charge in [-0.25, -0.2) is 8.42 Å². The van der Waals surface area contributed by atoms with Crippen molar-refractivity contribution < 1.29 is 17.7 Å². The Morgan fingerprint density at radius 2 is 2.05 bits per heavy atom. The van der Waals surface area contributed by atoms with E-state index in [1.54, 1.807) is 25.1 Å². The molecule has 0 unspecified atom stereocenters. The number of nitrogens with zero attached hydrogens (tertiary/aromatic N) is 1. The van der Waals surface area contributed by atoms with Gasteiger partial charge in [-0.15, -0.1) is 0 Å². The number of hydrogen-bond donors (Lipinski definition) is 1. The van der Waals surface area contributed by atoms with Crippen LogP contribution in [0.15, 0.2) is 28.9 Å². The summed E-state index contributed by atoms with van der Waals surface area (Å²) in [6.45, 7) is 3.87. The molecule has 1 heterocycles. The van der Waals surface area contributed by atoms with Crippen LogP contribution >= 0.6 is 0 Å². The van der Waals surface area contributed by atoms with E-state index in [9.17, 15) is 13.2 Å². The van der Waals surface area contributed by atoms with Crippen LogP contribution in [0, 0.1) is 6.92 Å². The van der Waals surface area contributed by atoms with Gasteiger partial charge in [0.2, 0.25) is 0 Å². The van der Waals surface area contributed by atoms with E-state index in [1.165, 1.54) is 6.20 Å². The second kappa shape index (κ2) is 5.35. The minimum absolute atomic E-state index is 0.0127. The Labute approximate surface area is 130 Å². The maximum atomic E-state index is 12.7. The molecule has 116 valence electrons. The van der Waals surface area contributed by atoms with Gasteiger partial charge in [0.15, 0.2) is 11.5 Å². The molecule has 1 fully saturated rings. The highest BCUT2D eigenvalue weighted by molar-refractivity contribution is 7.71. The van der Waals surface area contributed by atoms with Crippen LogP contribution < -0.4 is 0 Å². The third-order valence-electron chi connectivity index (χ3n) is 4.21. The lowest BCUT2D eigenvalue weighted by Crippen LogP contribution is -2.10. The van der Waals surface area contributed by atoms with E-state index in [2.05, 4.69) is 12.1 Å². The van der Waals surface area contributed by atoms with Gasteiger partial charge in [0, 0.05) is 11.0 Å².